The van der Waals surface area contributed by atoms with Crippen LogP contribution in [0.4, 0.5) is 5.69 Å². The molecule has 0 N–H and O–H groups in total. The van der Waals surface area contributed by atoms with Crippen molar-refractivity contribution in [1.82, 2.24) is 9.21 Å². The molecule has 1 fully saturated rings. The Bertz CT molecular complexity index is 992. The maximum atomic E-state index is 12.7. The molecule has 8 nitrogen and oxygen atoms in total. The first-order chi connectivity index (χ1) is 12.7. The molecule has 1 aromatic heterocycles. The predicted molar refractivity (Wildman–Crippen MR) is 102 cm³/mol. The molecule has 1 saturated heterocycles. The van der Waals surface area contributed by atoms with Crippen molar-refractivity contribution in [1.29, 1.82) is 0 Å². The minimum absolute atomic E-state index is 0.102. The zero-order chi connectivity index (χ0) is 19.8. The largest absolute Gasteiger partial charge is 0.336 e. The normalized spacial score (nSPS) is 15.7. The number of thiophene rings is 1. The van der Waals surface area contributed by atoms with Gasteiger partial charge in [-0.15, -0.1) is 11.3 Å². The van der Waals surface area contributed by atoms with Crippen molar-refractivity contribution in [2.24, 2.45) is 0 Å². The summed E-state index contributed by atoms with van der Waals surface area (Å²) in [4.78, 5) is 25.7. The van der Waals surface area contributed by atoms with E-state index in [1.807, 2.05) is 6.92 Å². The highest BCUT2D eigenvalue weighted by Crippen LogP contribution is 2.26. The molecule has 144 valence electrons. The lowest BCUT2D eigenvalue weighted by Crippen LogP contribution is -2.50. The quantitative estimate of drug-likeness (QED) is 0.570. The molecule has 0 aliphatic carbocycles. The minimum Gasteiger partial charge on any atom is -0.336 e. The van der Waals surface area contributed by atoms with E-state index in [9.17, 15) is 23.3 Å². The maximum absolute atomic E-state index is 12.7. The Morgan fingerprint density at radius 3 is 2.33 bits per heavy atom. The predicted octanol–water partition coefficient (Wildman–Crippen LogP) is 2.42. The molecule has 0 radical (unpaired) electrons. The van der Waals surface area contributed by atoms with E-state index in [1.165, 1.54) is 26.6 Å². The first-order valence-electron chi connectivity index (χ1n) is 8.31. The van der Waals surface area contributed by atoms with Crippen molar-refractivity contribution < 1.29 is 18.1 Å². The van der Waals surface area contributed by atoms with Crippen LogP contribution in [0.3, 0.4) is 0 Å². The third-order valence-corrected chi connectivity index (χ3v) is 7.86. The summed E-state index contributed by atoms with van der Waals surface area (Å²) in [6.07, 6.45) is 0. The Morgan fingerprint density at radius 1 is 1.11 bits per heavy atom. The zero-order valence-electron chi connectivity index (χ0n) is 14.9. The monoisotopic (exact) mass is 409 g/mol. The second-order valence-electron chi connectivity index (χ2n) is 6.32. The summed E-state index contributed by atoms with van der Waals surface area (Å²) in [6, 6.07) is 7.74. The van der Waals surface area contributed by atoms with Gasteiger partial charge in [0.1, 0.15) is 4.21 Å². The van der Waals surface area contributed by atoms with E-state index in [2.05, 4.69) is 0 Å². The van der Waals surface area contributed by atoms with E-state index in [0.717, 1.165) is 4.88 Å². The van der Waals surface area contributed by atoms with E-state index in [4.69, 9.17) is 0 Å². The van der Waals surface area contributed by atoms with Crippen molar-refractivity contribution in [2.75, 3.05) is 26.2 Å². The van der Waals surface area contributed by atoms with Gasteiger partial charge in [0.2, 0.25) is 0 Å². The molecule has 0 atom stereocenters. The van der Waals surface area contributed by atoms with Gasteiger partial charge in [-0.2, -0.15) is 4.31 Å². The number of benzene rings is 1. The smallest absolute Gasteiger partial charge is 0.273 e. The number of nitro groups is 1. The average molecular weight is 409 g/mol. The third kappa shape index (κ3) is 3.87. The van der Waals surface area contributed by atoms with Crippen molar-refractivity contribution in [3.8, 4) is 0 Å². The van der Waals surface area contributed by atoms with Crippen molar-refractivity contribution >= 4 is 33.0 Å². The number of nitro benzene ring substituents is 1. The number of piperazine rings is 1. The number of sulfonamides is 1. The third-order valence-electron chi connectivity index (χ3n) is 4.49. The molecule has 2 aromatic rings. The highest BCUT2D eigenvalue weighted by atomic mass is 32.2. The van der Waals surface area contributed by atoms with Crippen molar-refractivity contribution in [2.45, 2.75) is 18.1 Å². The number of amides is 1. The molecule has 2 heterocycles. The number of nitrogens with zero attached hydrogens (tertiary/aromatic N) is 3. The summed E-state index contributed by atoms with van der Waals surface area (Å²) in [5, 5.41) is 11.1. The van der Waals surface area contributed by atoms with Gasteiger partial charge in [-0.25, -0.2) is 8.42 Å². The van der Waals surface area contributed by atoms with Crippen LogP contribution in [-0.4, -0.2) is 54.6 Å². The van der Waals surface area contributed by atoms with Gasteiger partial charge in [-0.1, -0.05) is 6.07 Å². The molecule has 0 saturated carbocycles. The van der Waals surface area contributed by atoms with Crippen LogP contribution in [0.25, 0.3) is 0 Å². The molecule has 0 unspecified atom stereocenters. The SMILES string of the molecule is Cc1ccc(S(=O)(=O)N2CCN(C(=O)c3ccc(C)c([N+](=O)[O-])c3)CC2)s1. The Balaban J connectivity index is 1.71. The minimum atomic E-state index is -3.55. The van der Waals surface area contributed by atoms with E-state index < -0.39 is 14.9 Å². The second-order valence-corrected chi connectivity index (χ2v) is 9.77. The van der Waals surface area contributed by atoms with Gasteiger partial charge in [0.05, 0.1) is 4.92 Å². The Labute approximate surface area is 161 Å². The molecule has 1 aromatic carbocycles. The molecule has 27 heavy (non-hydrogen) atoms. The molecule has 0 bridgehead atoms. The fourth-order valence-electron chi connectivity index (χ4n) is 2.93. The number of carbonyl (C=O) groups excluding carboxylic acids is 1. The number of rotatable bonds is 4. The summed E-state index contributed by atoms with van der Waals surface area (Å²) in [6.45, 7) is 4.33. The summed E-state index contributed by atoms with van der Waals surface area (Å²) >= 11 is 1.22. The zero-order valence-corrected chi connectivity index (χ0v) is 16.5. The Hall–Kier alpha value is -2.30. The number of hydrogen-bond donors (Lipinski definition) is 0. The van der Waals surface area contributed by atoms with Crippen LogP contribution in [0, 0.1) is 24.0 Å². The molecule has 1 aliphatic rings. The highest BCUT2D eigenvalue weighted by Gasteiger charge is 2.31. The fraction of sp³-hybridized carbons (Fsp3) is 0.353. The van der Waals surface area contributed by atoms with E-state index in [-0.39, 0.29) is 43.3 Å². The van der Waals surface area contributed by atoms with Gasteiger partial charge in [0.15, 0.2) is 0 Å². The van der Waals surface area contributed by atoms with Crippen LogP contribution in [0.1, 0.15) is 20.8 Å². The van der Waals surface area contributed by atoms with Crippen molar-refractivity contribution in [3.05, 3.63) is 56.5 Å². The van der Waals surface area contributed by atoms with Gasteiger partial charge < -0.3 is 4.90 Å². The van der Waals surface area contributed by atoms with E-state index in [1.54, 1.807) is 31.2 Å². The van der Waals surface area contributed by atoms with E-state index in [0.29, 0.717) is 9.77 Å². The summed E-state index contributed by atoms with van der Waals surface area (Å²) in [5.74, 6) is -0.331. The highest BCUT2D eigenvalue weighted by molar-refractivity contribution is 7.91. The molecular formula is C17H19N3O5S2. The first-order valence-corrected chi connectivity index (χ1v) is 10.6. The van der Waals surface area contributed by atoms with Crippen LogP contribution < -0.4 is 0 Å². The fourth-order valence-corrected chi connectivity index (χ4v) is 5.79. The summed E-state index contributed by atoms with van der Waals surface area (Å²) in [7, 11) is -3.55. The van der Waals surface area contributed by atoms with Crippen molar-refractivity contribution in [3.63, 3.8) is 0 Å². The first kappa shape index (κ1) is 19.5. The van der Waals surface area contributed by atoms with Crippen LogP contribution >= 0.6 is 11.3 Å². The van der Waals surface area contributed by atoms with Gasteiger partial charge in [-0.3, -0.25) is 14.9 Å². The Morgan fingerprint density at radius 2 is 1.78 bits per heavy atom. The second kappa shape index (κ2) is 7.37. The number of aryl methyl sites for hydroxylation is 2. The molecule has 1 amide bonds. The molecule has 3 rings (SSSR count). The number of carbonyl (C=O) groups is 1. The molecular weight excluding hydrogens is 390 g/mol. The van der Waals surface area contributed by atoms with E-state index >= 15 is 0 Å². The van der Waals surface area contributed by atoms with Gasteiger partial charge in [-0.05, 0) is 32.0 Å². The summed E-state index contributed by atoms with van der Waals surface area (Å²) < 4.78 is 27.0. The summed E-state index contributed by atoms with van der Waals surface area (Å²) in [5.41, 5.74) is 0.617. The number of hydrogen-bond acceptors (Lipinski definition) is 6. The standard InChI is InChI=1S/C17H19N3O5S2/c1-12-3-5-14(11-15(12)20(22)23)17(21)18-7-9-19(10-8-18)27(24,25)16-6-4-13(2)26-16/h3-6,11H,7-10H2,1-2H3. The average Bonchev–Trinajstić information content (AvgIpc) is 3.08. The lowest BCUT2D eigenvalue weighted by Gasteiger charge is -2.33. The van der Waals surface area contributed by atoms with Crippen LogP contribution in [0.2, 0.25) is 0 Å². The van der Waals surface area contributed by atoms with Gasteiger partial charge >= 0.3 is 0 Å². The lowest BCUT2D eigenvalue weighted by atomic mass is 10.1. The van der Waals surface area contributed by atoms with Gasteiger partial charge in [0, 0.05) is 48.2 Å². The van der Waals surface area contributed by atoms with Crippen LogP contribution in [0.5, 0.6) is 0 Å². The maximum Gasteiger partial charge on any atom is 0.273 e. The van der Waals surface area contributed by atoms with Gasteiger partial charge in [0.25, 0.3) is 21.6 Å². The topological polar surface area (TPSA) is 101 Å². The molecule has 0 spiro atoms. The van der Waals surface area contributed by atoms with Crippen LogP contribution in [-0.2, 0) is 10.0 Å². The molecule has 1 aliphatic heterocycles. The molecule has 10 heteroatoms. The Kier molecular flexibility index (Phi) is 5.31. The lowest BCUT2D eigenvalue weighted by molar-refractivity contribution is -0.385. The van der Waals surface area contributed by atoms with Crippen LogP contribution in [0.15, 0.2) is 34.5 Å².